The van der Waals surface area contributed by atoms with Gasteiger partial charge in [-0.1, -0.05) is 34.1 Å². The molecular formula is C17H16BrNO3. The Hall–Kier alpha value is -2.14. The van der Waals surface area contributed by atoms with Crippen molar-refractivity contribution in [2.24, 2.45) is 0 Å². The summed E-state index contributed by atoms with van der Waals surface area (Å²) in [5.74, 6) is -0.760. The van der Waals surface area contributed by atoms with E-state index < -0.39 is 5.97 Å². The van der Waals surface area contributed by atoms with E-state index >= 15 is 0 Å². The maximum absolute atomic E-state index is 12.2. The number of amides is 1. The third-order valence-electron chi connectivity index (χ3n) is 3.09. The molecule has 0 bridgehead atoms. The van der Waals surface area contributed by atoms with Gasteiger partial charge in [0.15, 0.2) is 6.61 Å². The van der Waals surface area contributed by atoms with Crippen LogP contribution in [-0.4, -0.2) is 25.0 Å². The van der Waals surface area contributed by atoms with Crippen molar-refractivity contribution in [2.75, 3.05) is 18.1 Å². The molecule has 114 valence electrons. The first-order chi connectivity index (χ1) is 10.6. The van der Waals surface area contributed by atoms with Crippen LogP contribution in [0, 0.1) is 0 Å². The Morgan fingerprint density at radius 1 is 1.05 bits per heavy atom. The van der Waals surface area contributed by atoms with Crippen LogP contribution in [-0.2, 0) is 9.53 Å². The van der Waals surface area contributed by atoms with E-state index in [2.05, 4.69) is 15.9 Å². The van der Waals surface area contributed by atoms with Crippen molar-refractivity contribution in [3.05, 3.63) is 64.6 Å². The van der Waals surface area contributed by atoms with Gasteiger partial charge in [-0.25, -0.2) is 4.79 Å². The molecule has 0 aliphatic heterocycles. The summed E-state index contributed by atoms with van der Waals surface area (Å²) in [6.07, 6.45) is 0. The lowest BCUT2D eigenvalue weighted by molar-refractivity contribution is -0.121. The van der Waals surface area contributed by atoms with Gasteiger partial charge in [0.1, 0.15) is 0 Å². The SMILES string of the molecule is CCN(C(=O)COC(=O)c1ccc(Br)cc1)c1ccccc1. The summed E-state index contributed by atoms with van der Waals surface area (Å²) in [7, 11) is 0. The number of esters is 1. The number of benzene rings is 2. The maximum Gasteiger partial charge on any atom is 0.338 e. The molecule has 0 fully saturated rings. The van der Waals surface area contributed by atoms with Gasteiger partial charge in [0.2, 0.25) is 0 Å². The summed E-state index contributed by atoms with van der Waals surface area (Å²) in [5.41, 5.74) is 1.20. The van der Waals surface area contributed by atoms with E-state index in [0.29, 0.717) is 12.1 Å². The van der Waals surface area contributed by atoms with Gasteiger partial charge in [0, 0.05) is 16.7 Å². The van der Waals surface area contributed by atoms with Crippen molar-refractivity contribution in [2.45, 2.75) is 6.92 Å². The van der Waals surface area contributed by atoms with Gasteiger partial charge < -0.3 is 9.64 Å². The zero-order valence-electron chi connectivity index (χ0n) is 12.2. The molecule has 0 atom stereocenters. The number of carbonyl (C=O) groups is 2. The predicted molar refractivity (Wildman–Crippen MR) is 88.9 cm³/mol. The molecule has 2 aromatic rings. The number of nitrogens with zero attached hydrogens (tertiary/aromatic N) is 1. The number of halogens is 1. The highest BCUT2D eigenvalue weighted by Crippen LogP contribution is 2.14. The van der Waals surface area contributed by atoms with E-state index in [1.807, 2.05) is 37.3 Å². The van der Waals surface area contributed by atoms with Crippen LogP contribution in [0.25, 0.3) is 0 Å². The number of hydrogen-bond acceptors (Lipinski definition) is 3. The highest BCUT2D eigenvalue weighted by atomic mass is 79.9. The molecule has 0 aliphatic carbocycles. The van der Waals surface area contributed by atoms with Crippen molar-refractivity contribution < 1.29 is 14.3 Å². The van der Waals surface area contributed by atoms with Crippen LogP contribution in [0.1, 0.15) is 17.3 Å². The van der Waals surface area contributed by atoms with Crippen LogP contribution in [0.4, 0.5) is 5.69 Å². The Morgan fingerprint density at radius 3 is 2.27 bits per heavy atom. The second kappa shape index (κ2) is 7.75. The Morgan fingerprint density at radius 2 is 1.68 bits per heavy atom. The molecule has 5 heteroatoms. The number of rotatable bonds is 5. The zero-order chi connectivity index (χ0) is 15.9. The van der Waals surface area contributed by atoms with Gasteiger partial charge in [-0.2, -0.15) is 0 Å². The minimum absolute atomic E-state index is 0.251. The van der Waals surface area contributed by atoms with E-state index in [1.54, 1.807) is 29.2 Å². The molecule has 0 aromatic heterocycles. The predicted octanol–water partition coefficient (Wildman–Crippen LogP) is 3.66. The lowest BCUT2D eigenvalue weighted by Crippen LogP contribution is -2.34. The fraction of sp³-hybridized carbons (Fsp3) is 0.176. The Labute approximate surface area is 137 Å². The van der Waals surface area contributed by atoms with Crippen LogP contribution >= 0.6 is 15.9 Å². The summed E-state index contributed by atoms with van der Waals surface area (Å²) in [4.78, 5) is 25.7. The number of para-hydroxylation sites is 1. The summed E-state index contributed by atoms with van der Waals surface area (Å²) in [5, 5.41) is 0. The van der Waals surface area contributed by atoms with E-state index in [1.165, 1.54) is 0 Å². The van der Waals surface area contributed by atoms with Gasteiger partial charge in [-0.05, 0) is 43.3 Å². The second-order valence-electron chi connectivity index (χ2n) is 4.56. The van der Waals surface area contributed by atoms with Crippen molar-refractivity contribution in [1.29, 1.82) is 0 Å². The molecule has 0 spiro atoms. The molecule has 0 saturated heterocycles. The van der Waals surface area contributed by atoms with Gasteiger partial charge in [-0.3, -0.25) is 4.79 Å². The average Bonchev–Trinajstić information content (AvgIpc) is 2.55. The molecule has 0 heterocycles. The third kappa shape index (κ3) is 4.18. The normalized spacial score (nSPS) is 10.1. The van der Waals surface area contributed by atoms with Gasteiger partial charge in [0.25, 0.3) is 5.91 Å². The molecular weight excluding hydrogens is 346 g/mol. The van der Waals surface area contributed by atoms with E-state index in [0.717, 1.165) is 10.2 Å². The molecule has 0 saturated carbocycles. The Kier molecular flexibility index (Phi) is 5.72. The molecule has 2 aromatic carbocycles. The number of carbonyl (C=O) groups excluding carboxylic acids is 2. The van der Waals surface area contributed by atoms with Gasteiger partial charge in [0.05, 0.1) is 5.56 Å². The highest BCUT2D eigenvalue weighted by molar-refractivity contribution is 9.10. The van der Waals surface area contributed by atoms with E-state index in [-0.39, 0.29) is 12.5 Å². The molecule has 0 unspecified atom stereocenters. The second-order valence-corrected chi connectivity index (χ2v) is 5.47. The van der Waals surface area contributed by atoms with Crippen molar-refractivity contribution in [3.63, 3.8) is 0 Å². The monoisotopic (exact) mass is 361 g/mol. The summed E-state index contributed by atoms with van der Waals surface area (Å²) in [6.45, 7) is 2.11. The molecule has 0 N–H and O–H groups in total. The molecule has 4 nitrogen and oxygen atoms in total. The average molecular weight is 362 g/mol. The van der Waals surface area contributed by atoms with Crippen LogP contribution in [0.5, 0.6) is 0 Å². The Balaban J connectivity index is 1.96. The number of anilines is 1. The number of ether oxygens (including phenoxy) is 1. The molecule has 2 rings (SSSR count). The minimum Gasteiger partial charge on any atom is -0.452 e. The fourth-order valence-corrected chi connectivity index (χ4v) is 2.25. The molecule has 0 aliphatic rings. The maximum atomic E-state index is 12.2. The standard InChI is InChI=1S/C17H16BrNO3/c1-2-19(15-6-4-3-5-7-15)16(20)12-22-17(21)13-8-10-14(18)11-9-13/h3-11H,2,12H2,1H3. The fourth-order valence-electron chi connectivity index (χ4n) is 1.99. The molecule has 1 amide bonds. The number of hydrogen-bond donors (Lipinski definition) is 0. The van der Waals surface area contributed by atoms with Gasteiger partial charge >= 0.3 is 5.97 Å². The highest BCUT2D eigenvalue weighted by Gasteiger charge is 2.16. The summed E-state index contributed by atoms with van der Waals surface area (Å²) in [6, 6.07) is 16.1. The summed E-state index contributed by atoms with van der Waals surface area (Å²) < 4.78 is 5.96. The van der Waals surface area contributed by atoms with Crippen molar-refractivity contribution in [3.8, 4) is 0 Å². The topological polar surface area (TPSA) is 46.6 Å². The minimum atomic E-state index is -0.509. The van der Waals surface area contributed by atoms with Crippen molar-refractivity contribution in [1.82, 2.24) is 0 Å². The van der Waals surface area contributed by atoms with Crippen LogP contribution in [0.2, 0.25) is 0 Å². The first-order valence-electron chi connectivity index (χ1n) is 6.90. The van der Waals surface area contributed by atoms with Crippen LogP contribution in [0.3, 0.4) is 0 Å². The van der Waals surface area contributed by atoms with E-state index in [4.69, 9.17) is 4.74 Å². The van der Waals surface area contributed by atoms with Gasteiger partial charge in [-0.15, -0.1) is 0 Å². The molecule has 0 radical (unpaired) electrons. The van der Waals surface area contributed by atoms with Crippen LogP contribution in [0.15, 0.2) is 59.1 Å². The largest absolute Gasteiger partial charge is 0.452 e. The lowest BCUT2D eigenvalue weighted by Gasteiger charge is -2.20. The molecule has 22 heavy (non-hydrogen) atoms. The lowest BCUT2D eigenvalue weighted by atomic mass is 10.2. The third-order valence-corrected chi connectivity index (χ3v) is 3.62. The van der Waals surface area contributed by atoms with E-state index in [9.17, 15) is 9.59 Å². The number of likely N-dealkylation sites (N-methyl/N-ethyl adjacent to an activating group) is 1. The summed E-state index contributed by atoms with van der Waals surface area (Å²) >= 11 is 3.30. The Bertz CT molecular complexity index is 641. The zero-order valence-corrected chi connectivity index (χ0v) is 13.7. The first-order valence-corrected chi connectivity index (χ1v) is 7.69. The van der Waals surface area contributed by atoms with Crippen LogP contribution < -0.4 is 4.90 Å². The first kappa shape index (κ1) is 16.2. The quantitative estimate of drug-likeness (QED) is 0.763. The smallest absolute Gasteiger partial charge is 0.338 e. The van der Waals surface area contributed by atoms with Crippen molar-refractivity contribution >= 4 is 33.5 Å².